The minimum Gasteiger partial charge on any atom is -0.382 e. The van der Waals surface area contributed by atoms with Crippen molar-refractivity contribution in [2.24, 2.45) is 0 Å². The monoisotopic (exact) mass is 244 g/mol. The molecule has 1 saturated heterocycles. The summed E-state index contributed by atoms with van der Waals surface area (Å²) in [5, 5.41) is 0. The lowest BCUT2D eigenvalue weighted by atomic mass is 10.0. The maximum absolute atomic E-state index is 11.8. The summed E-state index contributed by atoms with van der Waals surface area (Å²) in [6, 6.07) is 0.605. The molecule has 1 rings (SSSR count). The lowest BCUT2D eigenvalue weighted by Gasteiger charge is -2.35. The van der Waals surface area contributed by atoms with Crippen LogP contribution in [0.1, 0.15) is 12.8 Å². The van der Waals surface area contributed by atoms with E-state index in [9.17, 15) is 4.79 Å². The van der Waals surface area contributed by atoms with Crippen molar-refractivity contribution < 1.29 is 14.3 Å². The molecule has 1 amide bonds. The van der Waals surface area contributed by atoms with Gasteiger partial charge in [0.25, 0.3) is 0 Å². The number of methoxy groups -OCH3 is 1. The fourth-order valence-electron chi connectivity index (χ4n) is 2.02. The van der Waals surface area contributed by atoms with Crippen LogP contribution in [0.5, 0.6) is 0 Å². The molecule has 0 radical (unpaired) electrons. The Hall–Kier alpha value is -0.650. The van der Waals surface area contributed by atoms with Crippen LogP contribution in [0.15, 0.2) is 0 Å². The van der Waals surface area contributed by atoms with Gasteiger partial charge in [0.15, 0.2) is 0 Å². The summed E-state index contributed by atoms with van der Waals surface area (Å²) in [6.45, 7) is 2.88. The molecule has 5 nitrogen and oxygen atoms in total. The Bertz CT molecular complexity index is 226. The summed E-state index contributed by atoms with van der Waals surface area (Å²) < 4.78 is 10.1. The molecule has 5 heteroatoms. The first-order valence-electron chi connectivity index (χ1n) is 6.16. The summed E-state index contributed by atoms with van der Waals surface area (Å²) in [4.78, 5) is 15.9. The number of likely N-dealkylation sites (tertiary alicyclic amines) is 1. The highest BCUT2D eigenvalue weighted by molar-refractivity contribution is 5.77. The summed E-state index contributed by atoms with van der Waals surface area (Å²) in [5.41, 5.74) is 0. The van der Waals surface area contributed by atoms with Crippen molar-refractivity contribution in [3.63, 3.8) is 0 Å². The zero-order valence-corrected chi connectivity index (χ0v) is 11.1. The molecule has 1 fully saturated rings. The fourth-order valence-corrected chi connectivity index (χ4v) is 2.02. The largest absolute Gasteiger partial charge is 0.382 e. The summed E-state index contributed by atoms with van der Waals surface area (Å²) in [7, 11) is 5.81. The smallest absolute Gasteiger partial charge is 0.248 e. The van der Waals surface area contributed by atoms with Crippen molar-refractivity contribution in [3.8, 4) is 0 Å². The molecule has 1 heterocycles. The van der Waals surface area contributed by atoms with Gasteiger partial charge in [0, 0.05) is 26.2 Å². The van der Waals surface area contributed by atoms with Crippen LogP contribution in [0, 0.1) is 0 Å². The molecule has 17 heavy (non-hydrogen) atoms. The molecule has 0 aliphatic carbocycles. The van der Waals surface area contributed by atoms with Crippen molar-refractivity contribution in [2.75, 3.05) is 54.1 Å². The van der Waals surface area contributed by atoms with Gasteiger partial charge in [-0.15, -0.1) is 0 Å². The van der Waals surface area contributed by atoms with Gasteiger partial charge in [-0.2, -0.15) is 0 Å². The topological polar surface area (TPSA) is 42.0 Å². The first-order valence-corrected chi connectivity index (χ1v) is 6.16. The first kappa shape index (κ1) is 14.4. The van der Waals surface area contributed by atoms with E-state index in [1.165, 1.54) is 0 Å². The Balaban J connectivity index is 2.17. The van der Waals surface area contributed by atoms with E-state index in [-0.39, 0.29) is 12.5 Å². The second kappa shape index (κ2) is 7.63. The first-order chi connectivity index (χ1) is 8.15. The number of piperidine rings is 1. The van der Waals surface area contributed by atoms with Crippen molar-refractivity contribution in [1.82, 2.24) is 9.80 Å². The zero-order chi connectivity index (χ0) is 12.7. The van der Waals surface area contributed by atoms with E-state index in [2.05, 4.69) is 19.0 Å². The molecular weight excluding hydrogens is 220 g/mol. The number of carbonyl (C=O) groups is 1. The highest BCUT2D eigenvalue weighted by Gasteiger charge is 2.23. The number of hydrogen-bond donors (Lipinski definition) is 0. The molecular formula is C12H24N2O3. The molecule has 0 aromatic rings. The molecule has 0 atom stereocenters. The van der Waals surface area contributed by atoms with Crippen molar-refractivity contribution in [1.29, 1.82) is 0 Å². The van der Waals surface area contributed by atoms with Gasteiger partial charge in [0.2, 0.25) is 5.91 Å². The summed E-state index contributed by atoms with van der Waals surface area (Å²) >= 11 is 0. The van der Waals surface area contributed by atoms with Gasteiger partial charge in [-0.05, 0) is 26.9 Å². The second-order valence-corrected chi connectivity index (χ2v) is 4.62. The highest BCUT2D eigenvalue weighted by atomic mass is 16.5. The lowest BCUT2D eigenvalue weighted by molar-refractivity contribution is -0.138. The fraction of sp³-hybridized carbons (Fsp3) is 0.917. The molecule has 0 aromatic carbocycles. The second-order valence-electron chi connectivity index (χ2n) is 4.62. The normalized spacial score (nSPS) is 17.8. The van der Waals surface area contributed by atoms with Gasteiger partial charge in [-0.3, -0.25) is 4.79 Å². The molecule has 0 N–H and O–H groups in total. The molecule has 1 aliphatic heterocycles. The van der Waals surface area contributed by atoms with Crippen LogP contribution in [0.2, 0.25) is 0 Å². The molecule has 0 unspecified atom stereocenters. The Kier molecular flexibility index (Phi) is 6.47. The molecule has 1 aliphatic rings. The van der Waals surface area contributed by atoms with E-state index in [0.717, 1.165) is 25.9 Å². The average Bonchev–Trinajstić information content (AvgIpc) is 2.34. The van der Waals surface area contributed by atoms with Crippen molar-refractivity contribution in [3.05, 3.63) is 0 Å². The third-order valence-electron chi connectivity index (χ3n) is 3.20. The van der Waals surface area contributed by atoms with E-state index < -0.39 is 0 Å². The molecule has 0 saturated carbocycles. The summed E-state index contributed by atoms with van der Waals surface area (Å²) in [6.07, 6.45) is 2.10. The predicted molar refractivity (Wildman–Crippen MR) is 66.0 cm³/mol. The Morgan fingerprint density at radius 1 is 1.29 bits per heavy atom. The third-order valence-corrected chi connectivity index (χ3v) is 3.20. The van der Waals surface area contributed by atoms with Crippen LogP contribution in [0.4, 0.5) is 0 Å². The number of rotatable bonds is 6. The maximum atomic E-state index is 11.8. The van der Waals surface area contributed by atoms with Crippen LogP contribution in [0.25, 0.3) is 0 Å². The average molecular weight is 244 g/mol. The number of carbonyl (C=O) groups excluding carboxylic acids is 1. The highest BCUT2D eigenvalue weighted by Crippen LogP contribution is 2.14. The van der Waals surface area contributed by atoms with Gasteiger partial charge in [-0.25, -0.2) is 0 Å². The summed E-state index contributed by atoms with van der Waals surface area (Å²) in [5.74, 6) is 0.0957. The van der Waals surface area contributed by atoms with E-state index >= 15 is 0 Å². The number of ether oxygens (including phenoxy) is 2. The van der Waals surface area contributed by atoms with Gasteiger partial charge in [0.05, 0.1) is 13.2 Å². The standard InChI is InChI=1S/C12H24N2O3/c1-13(2)11-4-6-14(7-5-11)12(15)10-17-9-8-16-3/h11H,4-10H2,1-3H3. The Morgan fingerprint density at radius 2 is 1.94 bits per heavy atom. The Labute approximate surface area is 104 Å². The zero-order valence-electron chi connectivity index (χ0n) is 11.1. The van der Waals surface area contributed by atoms with E-state index in [4.69, 9.17) is 9.47 Å². The van der Waals surface area contributed by atoms with Crippen molar-refractivity contribution in [2.45, 2.75) is 18.9 Å². The van der Waals surface area contributed by atoms with Gasteiger partial charge < -0.3 is 19.3 Å². The predicted octanol–water partition coefficient (Wildman–Crippen LogP) is 0.202. The van der Waals surface area contributed by atoms with E-state index in [1.807, 2.05) is 4.90 Å². The minimum absolute atomic E-state index is 0.0957. The van der Waals surface area contributed by atoms with Crippen LogP contribution in [-0.2, 0) is 14.3 Å². The third kappa shape index (κ3) is 5.02. The number of hydrogen-bond acceptors (Lipinski definition) is 4. The SMILES string of the molecule is COCCOCC(=O)N1CCC(N(C)C)CC1. The maximum Gasteiger partial charge on any atom is 0.248 e. The number of nitrogens with zero attached hydrogens (tertiary/aromatic N) is 2. The molecule has 100 valence electrons. The Morgan fingerprint density at radius 3 is 2.47 bits per heavy atom. The lowest BCUT2D eigenvalue weighted by Crippen LogP contribution is -2.45. The van der Waals surface area contributed by atoms with Gasteiger partial charge in [-0.1, -0.05) is 0 Å². The van der Waals surface area contributed by atoms with Crippen LogP contribution >= 0.6 is 0 Å². The van der Waals surface area contributed by atoms with E-state index in [1.54, 1.807) is 7.11 Å². The van der Waals surface area contributed by atoms with Crippen LogP contribution < -0.4 is 0 Å². The van der Waals surface area contributed by atoms with Crippen LogP contribution in [-0.4, -0.2) is 75.9 Å². The number of amides is 1. The van der Waals surface area contributed by atoms with Crippen LogP contribution in [0.3, 0.4) is 0 Å². The molecule has 0 bridgehead atoms. The van der Waals surface area contributed by atoms with Crippen molar-refractivity contribution >= 4 is 5.91 Å². The van der Waals surface area contributed by atoms with Gasteiger partial charge in [0.1, 0.15) is 6.61 Å². The molecule has 0 aromatic heterocycles. The molecule has 0 spiro atoms. The van der Waals surface area contributed by atoms with E-state index in [0.29, 0.717) is 19.3 Å². The minimum atomic E-state index is 0.0957. The van der Waals surface area contributed by atoms with Gasteiger partial charge >= 0.3 is 0 Å². The quantitative estimate of drug-likeness (QED) is 0.626.